The molecule has 1 N–H and O–H groups in total. The highest BCUT2D eigenvalue weighted by molar-refractivity contribution is 7.10. The minimum Gasteiger partial charge on any atom is -0.496 e. The molecule has 1 atom stereocenters. The minimum atomic E-state index is -0.598. The van der Waals surface area contributed by atoms with E-state index in [2.05, 4.69) is 5.32 Å². The Kier molecular flexibility index (Phi) is 8.29. The van der Waals surface area contributed by atoms with Crippen molar-refractivity contribution in [1.82, 2.24) is 4.57 Å². The third-order valence-corrected chi connectivity index (χ3v) is 9.05. The van der Waals surface area contributed by atoms with Gasteiger partial charge in [0.1, 0.15) is 24.1 Å². The Bertz CT molecular complexity index is 2020. The Morgan fingerprint density at radius 1 is 1.07 bits per heavy atom. The van der Waals surface area contributed by atoms with E-state index in [1.54, 1.807) is 23.8 Å². The summed E-state index contributed by atoms with van der Waals surface area (Å²) in [5.41, 5.74) is 3.09. The van der Waals surface area contributed by atoms with Crippen LogP contribution in [0.5, 0.6) is 11.5 Å². The third-order valence-electron chi connectivity index (χ3n) is 6.90. The summed E-state index contributed by atoms with van der Waals surface area (Å²) in [7, 11) is 1.61. The summed E-state index contributed by atoms with van der Waals surface area (Å²) in [6.07, 6.45) is 1.83. The zero-order chi connectivity index (χ0) is 29.9. The Balaban J connectivity index is 1.38. The van der Waals surface area contributed by atoms with Crippen LogP contribution in [0.15, 0.2) is 111 Å². The minimum absolute atomic E-state index is 0.216. The summed E-state index contributed by atoms with van der Waals surface area (Å²) in [6, 6.07) is 25.4. The summed E-state index contributed by atoms with van der Waals surface area (Å²) in [6.45, 7) is 2.07. The average molecular weight is 628 g/mol. The van der Waals surface area contributed by atoms with Gasteiger partial charge in [0.2, 0.25) is 0 Å². The Labute approximate surface area is 260 Å². The van der Waals surface area contributed by atoms with Crippen molar-refractivity contribution >= 4 is 51.9 Å². The number of benzene rings is 3. The number of fused-ring (bicyclic) bond motifs is 1. The van der Waals surface area contributed by atoms with E-state index in [1.807, 2.05) is 91.2 Å². The normalized spacial score (nSPS) is 14.7. The first-order valence-corrected chi connectivity index (χ1v) is 15.5. The fourth-order valence-corrected chi connectivity index (χ4v) is 6.97. The molecule has 1 unspecified atom stereocenters. The molecule has 0 fully saturated rings. The molecule has 2 aromatic heterocycles. The van der Waals surface area contributed by atoms with Gasteiger partial charge >= 0.3 is 0 Å². The molecule has 7 nitrogen and oxygen atoms in total. The van der Waals surface area contributed by atoms with Gasteiger partial charge in [-0.25, -0.2) is 4.99 Å². The number of amides is 1. The van der Waals surface area contributed by atoms with Gasteiger partial charge in [0.15, 0.2) is 4.80 Å². The number of methoxy groups -OCH3 is 1. The van der Waals surface area contributed by atoms with Crippen molar-refractivity contribution in [2.75, 3.05) is 12.4 Å². The summed E-state index contributed by atoms with van der Waals surface area (Å²) < 4.78 is 13.6. The maximum absolute atomic E-state index is 14.0. The maximum Gasteiger partial charge on any atom is 0.271 e. The maximum atomic E-state index is 14.0. The van der Waals surface area contributed by atoms with E-state index >= 15 is 0 Å². The summed E-state index contributed by atoms with van der Waals surface area (Å²) in [4.78, 5) is 33.7. The fraction of sp³-hybridized carbons (Fsp3) is 0.121. The molecule has 1 amide bonds. The number of thiophene rings is 1. The molecular weight excluding hydrogens is 602 g/mol. The zero-order valence-electron chi connectivity index (χ0n) is 23.2. The van der Waals surface area contributed by atoms with E-state index < -0.39 is 6.04 Å². The second-order valence-corrected chi connectivity index (χ2v) is 12.2. The van der Waals surface area contributed by atoms with E-state index in [0.29, 0.717) is 42.8 Å². The Morgan fingerprint density at radius 3 is 2.65 bits per heavy atom. The summed E-state index contributed by atoms with van der Waals surface area (Å²) in [5, 5.41) is 5.50. The third kappa shape index (κ3) is 6.06. The topological polar surface area (TPSA) is 81.9 Å². The predicted molar refractivity (Wildman–Crippen MR) is 172 cm³/mol. The van der Waals surface area contributed by atoms with E-state index in [9.17, 15) is 9.59 Å². The molecule has 0 saturated heterocycles. The molecule has 10 heteroatoms. The van der Waals surface area contributed by atoms with Gasteiger partial charge in [-0.3, -0.25) is 14.2 Å². The van der Waals surface area contributed by atoms with E-state index in [0.717, 1.165) is 16.0 Å². The van der Waals surface area contributed by atoms with Crippen molar-refractivity contribution in [2.24, 2.45) is 4.99 Å². The number of hydrogen-bond donors (Lipinski definition) is 1. The lowest BCUT2D eigenvalue weighted by molar-refractivity contribution is -0.113. The van der Waals surface area contributed by atoms with Crippen LogP contribution >= 0.6 is 34.3 Å². The van der Waals surface area contributed by atoms with Crippen LogP contribution in [0.2, 0.25) is 5.02 Å². The van der Waals surface area contributed by atoms with Gasteiger partial charge in [0.05, 0.1) is 22.9 Å². The lowest BCUT2D eigenvalue weighted by Gasteiger charge is -2.24. The standard InChI is InChI=1S/C33H26ClN3O4S2/c1-20-29(31(38)36-24-9-4-3-5-10-24)30(27-12-7-15-42-27)37-32(39)28(43-33(37)35-20)17-21-13-14-26(40-2)22(16-21)19-41-25-11-6-8-23(34)18-25/h3-18,30H,19H2,1-2H3,(H,36,38). The number of para-hydroxylation sites is 1. The summed E-state index contributed by atoms with van der Waals surface area (Å²) in [5.74, 6) is 1.02. The fourth-order valence-electron chi connectivity index (χ4n) is 4.92. The van der Waals surface area contributed by atoms with Crippen LogP contribution in [0, 0.1) is 0 Å². The molecule has 0 aliphatic carbocycles. The molecule has 6 rings (SSSR count). The van der Waals surface area contributed by atoms with Crippen molar-refractivity contribution in [1.29, 1.82) is 0 Å². The van der Waals surface area contributed by atoms with Gasteiger partial charge in [-0.05, 0) is 72.5 Å². The van der Waals surface area contributed by atoms with Crippen LogP contribution in [0.25, 0.3) is 6.08 Å². The first kappa shape index (κ1) is 28.7. The smallest absolute Gasteiger partial charge is 0.271 e. The van der Waals surface area contributed by atoms with Crippen molar-refractivity contribution in [3.63, 3.8) is 0 Å². The lowest BCUT2D eigenvalue weighted by atomic mass is 10.0. The number of halogens is 1. The highest BCUT2D eigenvalue weighted by Gasteiger charge is 2.33. The summed E-state index contributed by atoms with van der Waals surface area (Å²) >= 11 is 8.90. The van der Waals surface area contributed by atoms with Gasteiger partial charge in [-0.15, -0.1) is 11.3 Å². The number of thiazole rings is 1. The first-order valence-electron chi connectivity index (χ1n) is 13.4. The molecule has 216 valence electrons. The van der Waals surface area contributed by atoms with Crippen molar-refractivity contribution < 1.29 is 14.3 Å². The second kappa shape index (κ2) is 12.4. The quantitative estimate of drug-likeness (QED) is 0.223. The van der Waals surface area contributed by atoms with Crippen LogP contribution in [0.4, 0.5) is 5.69 Å². The molecule has 0 spiro atoms. The van der Waals surface area contributed by atoms with Crippen LogP contribution in [0.1, 0.15) is 29.0 Å². The molecule has 0 bridgehead atoms. The first-order chi connectivity index (χ1) is 20.9. The number of aromatic nitrogens is 1. The number of hydrogen-bond acceptors (Lipinski definition) is 7. The lowest BCUT2D eigenvalue weighted by Crippen LogP contribution is -2.40. The highest BCUT2D eigenvalue weighted by Crippen LogP contribution is 2.33. The van der Waals surface area contributed by atoms with Gasteiger partial charge < -0.3 is 14.8 Å². The largest absolute Gasteiger partial charge is 0.496 e. The number of ether oxygens (including phenoxy) is 2. The molecule has 43 heavy (non-hydrogen) atoms. The van der Waals surface area contributed by atoms with Gasteiger partial charge in [0, 0.05) is 21.2 Å². The molecular formula is C33H26ClN3O4S2. The van der Waals surface area contributed by atoms with Gasteiger partial charge in [-0.2, -0.15) is 0 Å². The number of allylic oxidation sites excluding steroid dienone is 1. The number of carbonyl (C=O) groups is 1. The van der Waals surface area contributed by atoms with E-state index in [-0.39, 0.29) is 18.1 Å². The Hall–Kier alpha value is -4.44. The van der Waals surface area contributed by atoms with Crippen molar-refractivity contribution in [3.8, 4) is 11.5 Å². The highest BCUT2D eigenvalue weighted by atomic mass is 35.5. The second-order valence-electron chi connectivity index (χ2n) is 9.73. The molecule has 5 aromatic rings. The number of carbonyl (C=O) groups excluding carboxylic acids is 1. The molecule has 3 heterocycles. The van der Waals surface area contributed by atoms with Gasteiger partial charge in [-0.1, -0.05) is 59.3 Å². The number of rotatable bonds is 8. The van der Waals surface area contributed by atoms with Crippen LogP contribution in [-0.4, -0.2) is 17.6 Å². The van der Waals surface area contributed by atoms with E-state index in [4.69, 9.17) is 26.1 Å². The molecule has 1 aliphatic heterocycles. The van der Waals surface area contributed by atoms with E-state index in [1.165, 1.54) is 22.7 Å². The zero-order valence-corrected chi connectivity index (χ0v) is 25.6. The van der Waals surface area contributed by atoms with Crippen LogP contribution in [0.3, 0.4) is 0 Å². The Morgan fingerprint density at radius 2 is 1.91 bits per heavy atom. The molecule has 0 saturated carbocycles. The van der Waals surface area contributed by atoms with Crippen LogP contribution in [-0.2, 0) is 11.4 Å². The number of nitrogens with zero attached hydrogens (tertiary/aromatic N) is 2. The van der Waals surface area contributed by atoms with Crippen molar-refractivity contribution in [2.45, 2.75) is 19.6 Å². The predicted octanol–water partition coefficient (Wildman–Crippen LogP) is 6.18. The molecule has 3 aromatic carbocycles. The number of nitrogens with one attached hydrogen (secondary N) is 1. The number of anilines is 1. The monoisotopic (exact) mass is 627 g/mol. The van der Waals surface area contributed by atoms with Crippen LogP contribution < -0.4 is 29.7 Å². The van der Waals surface area contributed by atoms with Gasteiger partial charge in [0.25, 0.3) is 11.5 Å². The van der Waals surface area contributed by atoms with Crippen molar-refractivity contribution in [3.05, 3.63) is 142 Å². The molecule has 1 aliphatic rings. The SMILES string of the molecule is COc1ccc(C=c2sc3n(c2=O)C(c2cccs2)C(C(=O)Nc2ccccc2)=C(C)N=3)cc1COc1cccc(Cl)c1. The molecule has 0 radical (unpaired) electrons. The average Bonchev–Trinajstić information content (AvgIpc) is 3.64.